The van der Waals surface area contributed by atoms with Gasteiger partial charge in [-0.3, -0.25) is 10.1 Å². The number of hydrogen-bond donors (Lipinski definition) is 1. The van der Waals surface area contributed by atoms with Gasteiger partial charge in [-0.2, -0.15) is 11.3 Å². The molecule has 0 aromatic carbocycles. The zero-order valence-corrected chi connectivity index (χ0v) is 12.7. The average molecular weight is 291 g/mol. The third-order valence-electron chi connectivity index (χ3n) is 4.94. The molecule has 1 aromatic heterocycles. The minimum absolute atomic E-state index is 0.0905. The average Bonchev–Trinajstić information content (AvgIpc) is 2.91. The predicted molar refractivity (Wildman–Crippen MR) is 79.5 cm³/mol. The van der Waals surface area contributed by atoms with Crippen LogP contribution in [0.4, 0.5) is 0 Å². The van der Waals surface area contributed by atoms with Gasteiger partial charge in [0.15, 0.2) is 0 Å². The highest BCUT2D eigenvalue weighted by molar-refractivity contribution is 7.08. The highest BCUT2D eigenvalue weighted by Crippen LogP contribution is 2.47. The van der Waals surface area contributed by atoms with E-state index in [9.17, 15) is 4.79 Å². The third kappa shape index (κ3) is 1.91. The van der Waals surface area contributed by atoms with Crippen molar-refractivity contribution in [2.24, 2.45) is 0 Å². The number of amides is 1. The number of likely N-dealkylation sites (tertiary alicyclic amines) is 1. The van der Waals surface area contributed by atoms with Gasteiger partial charge in [-0.25, -0.2) is 0 Å². The summed E-state index contributed by atoms with van der Waals surface area (Å²) in [6.07, 6.45) is 4.42. The summed E-state index contributed by atoms with van der Waals surface area (Å²) in [5.41, 5.74) is 1.03. The van der Waals surface area contributed by atoms with E-state index in [0.29, 0.717) is 11.9 Å². The zero-order chi connectivity index (χ0) is 13.7. The molecule has 1 aromatic rings. The zero-order valence-electron chi connectivity index (χ0n) is 11.8. The molecule has 1 saturated carbocycles. The molecular formula is C15H21N3OS. The molecule has 5 heteroatoms. The van der Waals surface area contributed by atoms with Crippen LogP contribution in [0.2, 0.25) is 0 Å². The lowest BCUT2D eigenvalue weighted by Gasteiger charge is -2.38. The molecule has 108 valence electrons. The quantitative estimate of drug-likeness (QED) is 0.902. The Morgan fingerprint density at radius 2 is 2.30 bits per heavy atom. The fraction of sp³-hybridized carbons (Fsp3) is 0.667. The minimum Gasteiger partial charge on any atom is -0.317 e. The highest BCUT2D eigenvalue weighted by atomic mass is 32.1. The summed E-state index contributed by atoms with van der Waals surface area (Å²) in [6.45, 7) is 2.16. The Hall–Kier alpha value is -0.910. The smallest absolute Gasteiger partial charge is 0.244 e. The van der Waals surface area contributed by atoms with E-state index < -0.39 is 0 Å². The number of nitrogens with zero attached hydrogens (tertiary/aromatic N) is 2. The van der Waals surface area contributed by atoms with E-state index >= 15 is 0 Å². The second kappa shape index (κ2) is 4.55. The minimum atomic E-state index is -0.220. The first-order valence-corrected chi connectivity index (χ1v) is 8.45. The fourth-order valence-corrected chi connectivity index (χ4v) is 4.34. The molecule has 1 N–H and O–H groups in total. The first-order valence-electron chi connectivity index (χ1n) is 7.51. The van der Waals surface area contributed by atoms with E-state index in [1.807, 2.05) is 0 Å². The number of likely N-dealkylation sites (N-methyl/N-ethyl adjacent to an activating group) is 1. The molecule has 3 heterocycles. The Balaban J connectivity index is 1.65. The summed E-state index contributed by atoms with van der Waals surface area (Å²) >= 11 is 1.71. The van der Waals surface area contributed by atoms with E-state index in [-0.39, 0.29) is 11.7 Å². The summed E-state index contributed by atoms with van der Waals surface area (Å²) < 4.78 is 0. The molecule has 3 aliphatic rings. The third-order valence-corrected chi connectivity index (χ3v) is 5.64. The Labute approximate surface area is 123 Å². The van der Waals surface area contributed by atoms with E-state index in [0.717, 1.165) is 32.4 Å². The monoisotopic (exact) mass is 291 g/mol. The molecule has 4 nitrogen and oxygen atoms in total. The summed E-state index contributed by atoms with van der Waals surface area (Å²) in [6, 6.07) is 2.51. The van der Waals surface area contributed by atoms with Crippen LogP contribution in [-0.2, 0) is 4.79 Å². The first kappa shape index (κ1) is 12.8. The van der Waals surface area contributed by atoms with E-state index in [1.165, 1.54) is 12.0 Å². The second-order valence-electron chi connectivity index (χ2n) is 6.46. The van der Waals surface area contributed by atoms with Crippen molar-refractivity contribution in [2.45, 2.75) is 43.4 Å². The molecule has 1 spiro atoms. The van der Waals surface area contributed by atoms with Gasteiger partial charge in [0, 0.05) is 12.6 Å². The van der Waals surface area contributed by atoms with Crippen LogP contribution in [0.15, 0.2) is 16.8 Å². The highest BCUT2D eigenvalue weighted by Gasteiger charge is 2.60. The molecule has 20 heavy (non-hydrogen) atoms. The van der Waals surface area contributed by atoms with Crippen molar-refractivity contribution in [3.63, 3.8) is 0 Å². The van der Waals surface area contributed by atoms with Gasteiger partial charge >= 0.3 is 0 Å². The number of hydrogen-bond acceptors (Lipinski definition) is 4. The molecular weight excluding hydrogens is 270 g/mol. The normalized spacial score (nSPS) is 33.0. The number of thiophene rings is 1. The lowest BCUT2D eigenvalue weighted by atomic mass is 10.0. The number of rotatable bonds is 2. The summed E-state index contributed by atoms with van der Waals surface area (Å²) in [5, 5.41) is 7.89. The molecule has 2 atom stereocenters. The molecule has 2 unspecified atom stereocenters. The van der Waals surface area contributed by atoms with Crippen LogP contribution in [0, 0.1) is 0 Å². The Kier molecular flexibility index (Phi) is 2.91. The SMILES string of the molecule is CN1CCCC(N2C(=O)C3(CC3)NC2c2ccsc2)C1. The van der Waals surface area contributed by atoms with Crippen LogP contribution in [0.3, 0.4) is 0 Å². The Morgan fingerprint density at radius 1 is 1.45 bits per heavy atom. The molecule has 1 aliphatic carbocycles. The maximum atomic E-state index is 12.8. The maximum Gasteiger partial charge on any atom is 0.244 e. The van der Waals surface area contributed by atoms with Gasteiger partial charge in [0.25, 0.3) is 0 Å². The van der Waals surface area contributed by atoms with Crippen LogP contribution < -0.4 is 5.32 Å². The van der Waals surface area contributed by atoms with Crippen LogP contribution in [0.5, 0.6) is 0 Å². The van der Waals surface area contributed by atoms with Crippen molar-refractivity contribution in [3.05, 3.63) is 22.4 Å². The molecule has 2 aliphatic heterocycles. The number of carbonyl (C=O) groups excluding carboxylic acids is 1. The first-order chi connectivity index (χ1) is 9.70. The van der Waals surface area contributed by atoms with Gasteiger partial charge in [0.05, 0.1) is 0 Å². The van der Waals surface area contributed by atoms with Crippen molar-refractivity contribution in [2.75, 3.05) is 20.1 Å². The van der Waals surface area contributed by atoms with Crippen LogP contribution in [0.25, 0.3) is 0 Å². The van der Waals surface area contributed by atoms with E-state index in [2.05, 4.69) is 39.0 Å². The van der Waals surface area contributed by atoms with Crippen LogP contribution >= 0.6 is 11.3 Å². The molecule has 4 rings (SSSR count). The standard InChI is InChI=1S/C15H21N3OS/c1-17-7-2-3-12(9-17)18-13(11-4-8-20-10-11)16-15(5-6-15)14(18)19/h4,8,10,12-13,16H,2-3,5-7,9H2,1H3. The van der Waals surface area contributed by atoms with E-state index in [1.54, 1.807) is 11.3 Å². The largest absolute Gasteiger partial charge is 0.317 e. The van der Waals surface area contributed by atoms with Crippen LogP contribution in [0.1, 0.15) is 37.4 Å². The molecule has 0 bridgehead atoms. The maximum absolute atomic E-state index is 12.8. The number of carbonyl (C=O) groups is 1. The van der Waals surface area contributed by atoms with Crippen LogP contribution in [-0.4, -0.2) is 47.4 Å². The van der Waals surface area contributed by atoms with Gasteiger partial charge in [-0.05, 0) is 61.7 Å². The number of nitrogens with one attached hydrogen (secondary N) is 1. The van der Waals surface area contributed by atoms with Gasteiger partial charge in [-0.1, -0.05) is 0 Å². The molecule has 3 fully saturated rings. The van der Waals surface area contributed by atoms with Crippen molar-refractivity contribution < 1.29 is 4.79 Å². The summed E-state index contributed by atoms with van der Waals surface area (Å²) in [7, 11) is 2.16. The topological polar surface area (TPSA) is 35.6 Å². The van der Waals surface area contributed by atoms with Crippen molar-refractivity contribution in [1.29, 1.82) is 0 Å². The Bertz CT molecular complexity index is 511. The van der Waals surface area contributed by atoms with Gasteiger partial charge < -0.3 is 9.80 Å². The fourth-order valence-electron chi connectivity index (χ4n) is 3.66. The molecule has 1 amide bonds. The van der Waals surface area contributed by atoms with Crippen molar-refractivity contribution in [3.8, 4) is 0 Å². The van der Waals surface area contributed by atoms with Crippen molar-refractivity contribution in [1.82, 2.24) is 15.1 Å². The van der Waals surface area contributed by atoms with Gasteiger partial charge in [-0.15, -0.1) is 0 Å². The Morgan fingerprint density at radius 3 is 2.95 bits per heavy atom. The molecule has 2 saturated heterocycles. The van der Waals surface area contributed by atoms with Gasteiger partial charge in [0.1, 0.15) is 11.7 Å². The molecule has 0 radical (unpaired) electrons. The van der Waals surface area contributed by atoms with E-state index in [4.69, 9.17) is 0 Å². The van der Waals surface area contributed by atoms with Gasteiger partial charge in [0.2, 0.25) is 5.91 Å². The van der Waals surface area contributed by atoms with Crippen molar-refractivity contribution >= 4 is 17.2 Å². The lowest BCUT2D eigenvalue weighted by Crippen LogP contribution is -2.49. The number of piperidine rings is 1. The predicted octanol–water partition coefficient (Wildman–Crippen LogP) is 1.81. The summed E-state index contributed by atoms with van der Waals surface area (Å²) in [5.74, 6) is 0.342. The summed E-state index contributed by atoms with van der Waals surface area (Å²) in [4.78, 5) is 17.4. The second-order valence-corrected chi connectivity index (χ2v) is 7.24. The lowest BCUT2D eigenvalue weighted by molar-refractivity contribution is -0.134.